The lowest BCUT2D eigenvalue weighted by Gasteiger charge is -2.23. The molecule has 3 heterocycles. The Morgan fingerprint density at radius 3 is 1.77 bits per heavy atom. The molecule has 0 saturated carbocycles. The van der Waals surface area contributed by atoms with Gasteiger partial charge in [0.05, 0.1) is 11.0 Å². The van der Waals surface area contributed by atoms with Crippen molar-refractivity contribution in [1.29, 1.82) is 0 Å². The number of imidazole rings is 1. The lowest BCUT2D eigenvalue weighted by Crippen LogP contribution is -2.13. The largest absolute Gasteiger partial charge is 0.456 e. The molecule has 0 aliphatic carbocycles. The fourth-order valence-corrected chi connectivity index (χ4v) is 7.44. The standard InChI is InChI=1S/C48H49N4O/c1-46(2,3)32-23-24-49-44(27-32)52-40-20-14-13-19-38(40)45-39(48(7,8)9)29-37(30-43(45)52)53-36-26-33(47(4,5)6)25-35(28-36)51-31-50(34-17-11-10-12-18-34)41-21-15-16-22-42(41)51/h10-31H,1-9H3/q+1. The molecule has 0 aliphatic heterocycles. The summed E-state index contributed by atoms with van der Waals surface area (Å²) in [5.41, 5.74) is 10.1. The zero-order valence-corrected chi connectivity index (χ0v) is 32.4. The summed E-state index contributed by atoms with van der Waals surface area (Å²) in [7, 11) is 0. The number of rotatable bonds is 5. The van der Waals surface area contributed by atoms with Crippen LogP contribution in [0.1, 0.15) is 79.0 Å². The lowest BCUT2D eigenvalue weighted by molar-refractivity contribution is 0.475. The van der Waals surface area contributed by atoms with Gasteiger partial charge in [-0.2, -0.15) is 9.13 Å². The third kappa shape index (κ3) is 6.28. The topological polar surface area (TPSA) is 36.9 Å². The number of ether oxygens (including phenoxy) is 1. The van der Waals surface area contributed by atoms with Gasteiger partial charge in [0.1, 0.15) is 28.7 Å². The number of benzene rings is 5. The van der Waals surface area contributed by atoms with Gasteiger partial charge >= 0.3 is 0 Å². The number of fused-ring (bicyclic) bond motifs is 4. The maximum Gasteiger partial charge on any atom is 0.168 e. The van der Waals surface area contributed by atoms with E-state index in [9.17, 15) is 0 Å². The summed E-state index contributed by atoms with van der Waals surface area (Å²) < 4.78 is 13.9. The van der Waals surface area contributed by atoms with Gasteiger partial charge in [-0.1, -0.05) is 111 Å². The van der Waals surface area contributed by atoms with Gasteiger partial charge in [0, 0.05) is 47.3 Å². The maximum atomic E-state index is 7.03. The van der Waals surface area contributed by atoms with Crippen molar-refractivity contribution >= 4 is 32.8 Å². The maximum absolute atomic E-state index is 7.03. The molecule has 5 nitrogen and oxygen atoms in total. The average molecular weight is 698 g/mol. The molecule has 5 aromatic carbocycles. The van der Waals surface area contributed by atoms with Crippen molar-refractivity contribution in [1.82, 2.24) is 18.7 Å². The van der Waals surface area contributed by atoms with Gasteiger partial charge in [-0.3, -0.25) is 4.57 Å². The fraction of sp³-hybridized carbons (Fsp3) is 0.250. The van der Waals surface area contributed by atoms with Gasteiger partial charge in [-0.15, -0.1) is 0 Å². The third-order valence-electron chi connectivity index (χ3n) is 10.3. The SMILES string of the molecule is CC(C)(C)c1cc(Oc2cc(C(C)(C)C)c3c4ccccc4n(-c4cc(C(C)(C)C)ccn4)c3c2)cc(-n2[cH+]n(-c3ccccc3)c3ccccc32)c1. The Kier molecular flexibility index (Phi) is 8.10. The monoisotopic (exact) mass is 697 g/mol. The number of nitrogens with zero attached hydrogens (tertiary/aromatic N) is 4. The van der Waals surface area contributed by atoms with Crippen molar-refractivity contribution in [3.63, 3.8) is 0 Å². The first-order valence-electron chi connectivity index (χ1n) is 18.6. The summed E-state index contributed by atoms with van der Waals surface area (Å²) in [4.78, 5) is 4.95. The summed E-state index contributed by atoms with van der Waals surface area (Å²) in [6.45, 7) is 20.4. The number of para-hydroxylation sites is 4. The summed E-state index contributed by atoms with van der Waals surface area (Å²) >= 11 is 0. The molecule has 0 radical (unpaired) electrons. The van der Waals surface area contributed by atoms with Crippen molar-refractivity contribution in [2.75, 3.05) is 0 Å². The number of aromatic nitrogens is 4. The quantitative estimate of drug-likeness (QED) is 0.168. The number of hydrogen-bond donors (Lipinski definition) is 0. The Hall–Kier alpha value is -5.68. The molecule has 0 fully saturated rings. The second-order valence-corrected chi connectivity index (χ2v) is 17.4. The van der Waals surface area contributed by atoms with E-state index in [1.807, 2.05) is 6.20 Å². The van der Waals surface area contributed by atoms with Crippen LogP contribution in [0.3, 0.4) is 0 Å². The van der Waals surface area contributed by atoms with Crippen molar-refractivity contribution in [3.05, 3.63) is 151 Å². The first-order chi connectivity index (χ1) is 25.2. The van der Waals surface area contributed by atoms with Gasteiger partial charge in [-0.25, -0.2) is 4.98 Å². The Bertz CT molecular complexity index is 2640. The van der Waals surface area contributed by atoms with Gasteiger partial charge in [0.2, 0.25) is 0 Å². The normalized spacial score (nSPS) is 12.6. The molecule has 5 heteroatoms. The Morgan fingerprint density at radius 1 is 0.509 bits per heavy atom. The molecule has 0 unspecified atom stereocenters. The van der Waals surface area contributed by atoms with E-state index in [1.165, 1.54) is 27.5 Å². The van der Waals surface area contributed by atoms with Crippen molar-refractivity contribution in [2.24, 2.45) is 0 Å². The van der Waals surface area contributed by atoms with E-state index in [2.05, 4.69) is 204 Å². The van der Waals surface area contributed by atoms with E-state index in [0.717, 1.165) is 50.8 Å². The van der Waals surface area contributed by atoms with Crippen LogP contribution < -0.4 is 4.74 Å². The lowest BCUT2D eigenvalue weighted by atomic mass is 9.84. The minimum absolute atomic E-state index is 0.0114. The molecule has 0 aliphatic rings. The Morgan fingerprint density at radius 2 is 1.11 bits per heavy atom. The highest BCUT2D eigenvalue weighted by molar-refractivity contribution is 6.11. The van der Waals surface area contributed by atoms with Crippen molar-refractivity contribution in [3.8, 4) is 28.7 Å². The molecule has 0 atom stereocenters. The molecule has 8 rings (SSSR count). The highest BCUT2D eigenvalue weighted by atomic mass is 16.5. The predicted molar refractivity (Wildman–Crippen MR) is 222 cm³/mol. The van der Waals surface area contributed by atoms with Crippen LogP contribution in [0.4, 0.5) is 0 Å². The Labute approximate surface area is 313 Å². The molecule has 3 aromatic heterocycles. The van der Waals surface area contributed by atoms with Gasteiger partial charge in [0.25, 0.3) is 0 Å². The molecule has 0 N–H and O–H groups in total. The van der Waals surface area contributed by atoms with Gasteiger partial charge < -0.3 is 4.74 Å². The smallest absolute Gasteiger partial charge is 0.168 e. The first kappa shape index (κ1) is 34.4. The first-order valence-corrected chi connectivity index (χ1v) is 18.6. The predicted octanol–water partition coefficient (Wildman–Crippen LogP) is 12.9. The van der Waals surface area contributed by atoms with E-state index < -0.39 is 0 Å². The second-order valence-electron chi connectivity index (χ2n) is 17.4. The van der Waals surface area contributed by atoms with E-state index in [4.69, 9.17) is 9.72 Å². The molecule has 0 spiro atoms. The highest BCUT2D eigenvalue weighted by Crippen LogP contribution is 2.43. The Balaban J connectivity index is 1.34. The molecule has 0 bridgehead atoms. The summed E-state index contributed by atoms with van der Waals surface area (Å²) in [6.07, 6.45) is 4.12. The van der Waals surface area contributed by atoms with Crippen molar-refractivity contribution < 1.29 is 4.74 Å². The van der Waals surface area contributed by atoms with E-state index in [-0.39, 0.29) is 16.2 Å². The molecule has 8 aromatic rings. The molecule has 53 heavy (non-hydrogen) atoms. The minimum atomic E-state index is -0.152. The third-order valence-corrected chi connectivity index (χ3v) is 10.3. The van der Waals surface area contributed by atoms with Crippen molar-refractivity contribution in [2.45, 2.75) is 78.6 Å². The van der Waals surface area contributed by atoms with Crippen LogP contribution in [0.15, 0.2) is 134 Å². The average Bonchev–Trinajstić information content (AvgIpc) is 3.67. The van der Waals surface area contributed by atoms with Crippen LogP contribution in [-0.4, -0.2) is 18.7 Å². The highest BCUT2D eigenvalue weighted by Gasteiger charge is 2.26. The number of hydrogen-bond acceptors (Lipinski definition) is 2. The van der Waals surface area contributed by atoms with E-state index in [0.29, 0.717) is 0 Å². The zero-order chi connectivity index (χ0) is 37.3. The van der Waals surface area contributed by atoms with Crippen LogP contribution in [0.5, 0.6) is 11.5 Å². The van der Waals surface area contributed by atoms with Gasteiger partial charge in [0.15, 0.2) is 17.4 Å². The summed E-state index contributed by atoms with van der Waals surface area (Å²) in [5.74, 6) is 2.50. The molecular weight excluding hydrogens is 649 g/mol. The van der Waals surface area contributed by atoms with Crippen LogP contribution in [-0.2, 0) is 16.2 Å². The number of pyridine rings is 1. The van der Waals surface area contributed by atoms with Crippen LogP contribution in [0.2, 0.25) is 0 Å². The second kappa shape index (κ2) is 12.5. The zero-order valence-electron chi connectivity index (χ0n) is 32.4. The van der Waals surface area contributed by atoms with Crippen LogP contribution in [0, 0.1) is 0 Å². The molecular formula is C48H49N4O+. The molecule has 0 saturated heterocycles. The van der Waals surface area contributed by atoms with E-state index >= 15 is 0 Å². The van der Waals surface area contributed by atoms with Crippen LogP contribution >= 0.6 is 0 Å². The van der Waals surface area contributed by atoms with E-state index in [1.54, 1.807) is 0 Å². The summed E-state index contributed by atoms with van der Waals surface area (Å²) in [5, 5.41) is 2.45. The summed E-state index contributed by atoms with van der Waals surface area (Å²) in [6, 6.07) is 43.2. The van der Waals surface area contributed by atoms with Gasteiger partial charge in [-0.05, 0) is 75.4 Å². The molecule has 0 amide bonds. The fourth-order valence-electron chi connectivity index (χ4n) is 7.44. The van der Waals surface area contributed by atoms with Crippen LogP contribution in [0.25, 0.3) is 50.0 Å². The minimum Gasteiger partial charge on any atom is -0.456 e. The molecule has 266 valence electrons.